The van der Waals surface area contributed by atoms with Gasteiger partial charge in [0.15, 0.2) is 0 Å². The van der Waals surface area contributed by atoms with Crippen molar-refractivity contribution in [3.8, 4) is 5.75 Å². The summed E-state index contributed by atoms with van der Waals surface area (Å²) in [5.74, 6) is 0.852. The summed E-state index contributed by atoms with van der Waals surface area (Å²) in [7, 11) is 1.96. The highest BCUT2D eigenvalue weighted by atomic mass is 35.5. The van der Waals surface area contributed by atoms with Gasteiger partial charge in [-0.15, -0.1) is 0 Å². The van der Waals surface area contributed by atoms with Crippen LogP contribution >= 0.6 is 22.9 Å². The van der Waals surface area contributed by atoms with Crippen molar-refractivity contribution in [3.05, 3.63) is 51.7 Å². The van der Waals surface area contributed by atoms with Crippen LogP contribution in [0.2, 0.25) is 5.02 Å². The average Bonchev–Trinajstić information content (AvgIpc) is 2.89. The lowest BCUT2D eigenvalue weighted by atomic mass is 10.1. The topological polar surface area (TPSA) is 21.3 Å². The van der Waals surface area contributed by atoms with Crippen molar-refractivity contribution in [1.82, 2.24) is 5.32 Å². The van der Waals surface area contributed by atoms with E-state index in [4.69, 9.17) is 16.3 Å². The Kier molecular flexibility index (Phi) is 5.05. The van der Waals surface area contributed by atoms with Gasteiger partial charge >= 0.3 is 0 Å². The Bertz CT molecular complexity index is 455. The number of ether oxygens (including phenoxy) is 1. The third-order valence-corrected chi connectivity index (χ3v) is 3.72. The summed E-state index contributed by atoms with van der Waals surface area (Å²) in [6.07, 6.45) is 0.980. The van der Waals surface area contributed by atoms with Gasteiger partial charge in [0.05, 0.1) is 0 Å². The number of thiophene rings is 1. The molecule has 2 nitrogen and oxygen atoms in total. The number of nitrogens with one attached hydrogen (secondary N) is 1. The van der Waals surface area contributed by atoms with Gasteiger partial charge in [-0.3, -0.25) is 0 Å². The summed E-state index contributed by atoms with van der Waals surface area (Å²) < 4.78 is 5.75. The average molecular weight is 282 g/mol. The van der Waals surface area contributed by atoms with Crippen molar-refractivity contribution in [2.75, 3.05) is 13.7 Å². The molecule has 0 radical (unpaired) electrons. The molecule has 1 aromatic heterocycles. The van der Waals surface area contributed by atoms with Crippen molar-refractivity contribution in [2.24, 2.45) is 0 Å². The second kappa shape index (κ2) is 6.78. The number of hydrogen-bond acceptors (Lipinski definition) is 3. The molecule has 1 N–H and O–H groups in total. The molecule has 0 amide bonds. The summed E-state index contributed by atoms with van der Waals surface area (Å²) in [6.45, 7) is 0.647. The first-order valence-corrected chi connectivity index (χ1v) is 7.16. The van der Waals surface area contributed by atoms with Crippen LogP contribution in [0, 0.1) is 0 Å². The zero-order chi connectivity index (χ0) is 12.8. The monoisotopic (exact) mass is 281 g/mol. The van der Waals surface area contributed by atoms with E-state index in [1.54, 1.807) is 11.3 Å². The molecule has 1 heterocycles. The molecule has 1 atom stereocenters. The van der Waals surface area contributed by atoms with E-state index in [2.05, 4.69) is 22.1 Å². The molecule has 0 aliphatic rings. The molecular weight excluding hydrogens is 266 g/mol. The second-order valence-corrected chi connectivity index (χ2v) is 5.30. The smallest absolute Gasteiger partial charge is 0.119 e. The molecule has 2 aromatic rings. The van der Waals surface area contributed by atoms with Crippen LogP contribution in [0.4, 0.5) is 0 Å². The largest absolute Gasteiger partial charge is 0.492 e. The molecule has 0 spiro atoms. The molecule has 0 aliphatic heterocycles. The number of halogens is 1. The normalized spacial score (nSPS) is 12.3. The number of hydrogen-bond donors (Lipinski definition) is 1. The Morgan fingerprint density at radius 1 is 1.28 bits per heavy atom. The Labute approximate surface area is 117 Å². The van der Waals surface area contributed by atoms with Gasteiger partial charge < -0.3 is 10.1 Å². The van der Waals surface area contributed by atoms with Crippen molar-refractivity contribution < 1.29 is 4.74 Å². The summed E-state index contributed by atoms with van der Waals surface area (Å²) >= 11 is 7.55. The van der Waals surface area contributed by atoms with E-state index in [0.29, 0.717) is 12.6 Å². The summed E-state index contributed by atoms with van der Waals surface area (Å²) in [6, 6.07) is 9.92. The summed E-state index contributed by atoms with van der Waals surface area (Å²) in [5, 5.41) is 8.28. The lowest BCUT2D eigenvalue weighted by Crippen LogP contribution is -2.33. The van der Waals surface area contributed by atoms with Crippen LogP contribution in [0.15, 0.2) is 41.1 Å². The minimum Gasteiger partial charge on any atom is -0.492 e. The molecule has 1 aromatic carbocycles. The Morgan fingerprint density at radius 3 is 2.67 bits per heavy atom. The minimum absolute atomic E-state index is 0.315. The molecule has 0 bridgehead atoms. The molecule has 0 aliphatic carbocycles. The highest BCUT2D eigenvalue weighted by molar-refractivity contribution is 7.07. The third kappa shape index (κ3) is 4.02. The Hall–Kier alpha value is -1.03. The van der Waals surface area contributed by atoms with Gasteiger partial charge in [-0.25, -0.2) is 0 Å². The maximum Gasteiger partial charge on any atom is 0.119 e. The maximum absolute atomic E-state index is 5.83. The van der Waals surface area contributed by atoms with E-state index in [1.807, 2.05) is 31.3 Å². The SMILES string of the molecule is CNC(COc1ccc(Cl)cc1)Cc1ccsc1. The van der Waals surface area contributed by atoms with Gasteiger partial charge in [-0.1, -0.05) is 11.6 Å². The molecular formula is C14H16ClNOS. The van der Waals surface area contributed by atoms with Crippen LogP contribution in [-0.4, -0.2) is 19.7 Å². The van der Waals surface area contributed by atoms with Gasteiger partial charge in [0.1, 0.15) is 12.4 Å². The predicted octanol–water partition coefficient (Wildman–Crippen LogP) is 3.61. The van der Waals surface area contributed by atoms with Crippen molar-refractivity contribution in [2.45, 2.75) is 12.5 Å². The van der Waals surface area contributed by atoms with Gasteiger partial charge in [0, 0.05) is 11.1 Å². The zero-order valence-electron chi connectivity index (χ0n) is 10.2. The standard InChI is InChI=1S/C14H16ClNOS/c1-16-13(8-11-6-7-18-10-11)9-17-14-4-2-12(15)3-5-14/h2-7,10,13,16H,8-9H2,1H3. The van der Waals surface area contributed by atoms with Crippen LogP contribution in [0.5, 0.6) is 5.75 Å². The molecule has 0 fully saturated rings. The molecule has 2 rings (SSSR count). The minimum atomic E-state index is 0.315. The summed E-state index contributed by atoms with van der Waals surface area (Å²) in [5.41, 5.74) is 1.35. The fourth-order valence-corrected chi connectivity index (χ4v) is 2.47. The Balaban J connectivity index is 1.85. The van der Waals surface area contributed by atoms with Crippen LogP contribution in [0.3, 0.4) is 0 Å². The third-order valence-electron chi connectivity index (χ3n) is 2.74. The van der Waals surface area contributed by atoms with Gasteiger partial charge in [-0.2, -0.15) is 11.3 Å². The van der Waals surface area contributed by atoms with Crippen LogP contribution in [-0.2, 0) is 6.42 Å². The Morgan fingerprint density at radius 2 is 2.06 bits per heavy atom. The quantitative estimate of drug-likeness (QED) is 0.873. The fraction of sp³-hybridized carbons (Fsp3) is 0.286. The zero-order valence-corrected chi connectivity index (χ0v) is 11.8. The predicted molar refractivity (Wildman–Crippen MR) is 77.8 cm³/mol. The lowest BCUT2D eigenvalue weighted by molar-refractivity contribution is 0.270. The van der Waals surface area contributed by atoms with Crippen LogP contribution in [0.1, 0.15) is 5.56 Å². The second-order valence-electron chi connectivity index (χ2n) is 4.09. The number of likely N-dealkylation sites (N-methyl/N-ethyl adjacent to an activating group) is 1. The summed E-state index contributed by atoms with van der Waals surface area (Å²) in [4.78, 5) is 0. The first-order valence-electron chi connectivity index (χ1n) is 5.84. The maximum atomic E-state index is 5.83. The lowest BCUT2D eigenvalue weighted by Gasteiger charge is -2.16. The number of rotatable bonds is 6. The highest BCUT2D eigenvalue weighted by Gasteiger charge is 2.08. The van der Waals surface area contributed by atoms with E-state index >= 15 is 0 Å². The fourth-order valence-electron chi connectivity index (χ4n) is 1.67. The first-order chi connectivity index (χ1) is 8.78. The van der Waals surface area contributed by atoms with E-state index in [9.17, 15) is 0 Å². The van der Waals surface area contributed by atoms with Crippen molar-refractivity contribution in [3.63, 3.8) is 0 Å². The van der Waals surface area contributed by atoms with Gasteiger partial charge in [-0.05, 0) is 60.1 Å². The number of benzene rings is 1. The first kappa shape index (κ1) is 13.4. The van der Waals surface area contributed by atoms with E-state index < -0.39 is 0 Å². The van der Waals surface area contributed by atoms with E-state index in [1.165, 1.54) is 5.56 Å². The molecule has 0 saturated heterocycles. The molecule has 4 heteroatoms. The van der Waals surface area contributed by atoms with Gasteiger partial charge in [0.2, 0.25) is 0 Å². The van der Waals surface area contributed by atoms with Crippen LogP contribution in [0.25, 0.3) is 0 Å². The van der Waals surface area contributed by atoms with Gasteiger partial charge in [0.25, 0.3) is 0 Å². The molecule has 1 unspecified atom stereocenters. The van der Waals surface area contributed by atoms with E-state index in [0.717, 1.165) is 17.2 Å². The molecule has 96 valence electrons. The van der Waals surface area contributed by atoms with Crippen molar-refractivity contribution in [1.29, 1.82) is 0 Å². The molecule has 0 saturated carbocycles. The highest BCUT2D eigenvalue weighted by Crippen LogP contribution is 2.16. The molecule has 18 heavy (non-hydrogen) atoms. The van der Waals surface area contributed by atoms with Crippen molar-refractivity contribution >= 4 is 22.9 Å². The van der Waals surface area contributed by atoms with Crippen LogP contribution < -0.4 is 10.1 Å². The van der Waals surface area contributed by atoms with E-state index in [-0.39, 0.29) is 0 Å².